The number of nitrogen functional groups attached to an aromatic ring is 1. The molecule has 4 heterocycles. The van der Waals surface area contributed by atoms with Crippen molar-refractivity contribution < 1.29 is 14.3 Å². The third kappa shape index (κ3) is 6.04. The first-order valence-electron chi connectivity index (χ1n) is 11.6. The van der Waals surface area contributed by atoms with Crippen LogP contribution in [-0.2, 0) is 9.47 Å². The minimum Gasteiger partial charge on any atom is -0.444 e. The molecule has 0 aromatic carbocycles. The quantitative estimate of drug-likeness (QED) is 0.726. The van der Waals surface area contributed by atoms with E-state index < -0.39 is 5.60 Å². The number of hydrogen-bond acceptors (Lipinski definition) is 8. The molecule has 2 aliphatic heterocycles. The molecule has 2 aromatic rings. The van der Waals surface area contributed by atoms with Gasteiger partial charge in [-0.1, -0.05) is 0 Å². The fraction of sp³-hybridized carbons (Fsp3) is 0.542. The topological polar surface area (TPSA) is 106 Å². The summed E-state index contributed by atoms with van der Waals surface area (Å²) in [6.07, 6.45) is 5.17. The van der Waals surface area contributed by atoms with Gasteiger partial charge in [-0.3, -0.25) is 0 Å². The standard InChI is InChI=1S/C24H34N6O3/c1-24(2,3)33-23(31)28-18-5-4-8-30(16-18)20-13-21(25)26-15-19(20)17-6-7-22(27-14-17)29-9-11-32-12-10-29/h6-7,13-15,18H,4-5,8-12,16H2,1-3H3,(H2,25,26)(H,28,31)/t18-/m0/s1. The van der Waals surface area contributed by atoms with Gasteiger partial charge in [0.15, 0.2) is 0 Å². The lowest BCUT2D eigenvalue weighted by Crippen LogP contribution is -2.49. The molecule has 0 bridgehead atoms. The first-order valence-corrected chi connectivity index (χ1v) is 11.6. The molecule has 0 spiro atoms. The number of nitrogens with zero attached hydrogens (tertiary/aromatic N) is 4. The van der Waals surface area contributed by atoms with E-state index in [0.717, 1.165) is 68.3 Å². The zero-order chi connectivity index (χ0) is 23.4. The van der Waals surface area contributed by atoms with Gasteiger partial charge in [0.05, 0.1) is 13.2 Å². The highest BCUT2D eigenvalue weighted by atomic mass is 16.6. The molecule has 0 saturated carbocycles. The van der Waals surface area contributed by atoms with E-state index in [1.165, 1.54) is 0 Å². The molecule has 9 nitrogen and oxygen atoms in total. The minimum atomic E-state index is -0.522. The molecule has 9 heteroatoms. The maximum atomic E-state index is 12.3. The molecular formula is C24H34N6O3. The Morgan fingerprint density at radius 2 is 1.94 bits per heavy atom. The van der Waals surface area contributed by atoms with Gasteiger partial charge in [0.2, 0.25) is 0 Å². The maximum Gasteiger partial charge on any atom is 0.407 e. The Morgan fingerprint density at radius 3 is 2.64 bits per heavy atom. The van der Waals surface area contributed by atoms with Crippen molar-refractivity contribution in [3.63, 3.8) is 0 Å². The van der Waals surface area contributed by atoms with E-state index in [-0.39, 0.29) is 12.1 Å². The normalized spacial score (nSPS) is 19.3. The van der Waals surface area contributed by atoms with E-state index in [9.17, 15) is 4.79 Å². The molecule has 1 amide bonds. The molecule has 1 atom stereocenters. The van der Waals surface area contributed by atoms with E-state index in [4.69, 9.17) is 20.2 Å². The van der Waals surface area contributed by atoms with Crippen molar-refractivity contribution >= 4 is 23.4 Å². The van der Waals surface area contributed by atoms with Crippen LogP contribution >= 0.6 is 0 Å². The molecule has 2 aliphatic rings. The fourth-order valence-electron chi connectivity index (χ4n) is 4.26. The molecule has 2 aromatic heterocycles. The minimum absolute atomic E-state index is 0.00217. The number of anilines is 3. The number of alkyl carbamates (subject to hydrolysis) is 1. The van der Waals surface area contributed by atoms with Gasteiger partial charge in [-0.15, -0.1) is 0 Å². The molecule has 0 radical (unpaired) electrons. The third-order valence-corrected chi connectivity index (χ3v) is 5.78. The van der Waals surface area contributed by atoms with Crippen LogP contribution in [0.5, 0.6) is 0 Å². The summed E-state index contributed by atoms with van der Waals surface area (Å²) >= 11 is 0. The number of carbonyl (C=O) groups excluding carboxylic acids is 1. The monoisotopic (exact) mass is 454 g/mol. The second kappa shape index (κ2) is 9.82. The van der Waals surface area contributed by atoms with Crippen molar-refractivity contribution in [2.24, 2.45) is 0 Å². The summed E-state index contributed by atoms with van der Waals surface area (Å²) < 4.78 is 10.9. The Bertz CT molecular complexity index is 954. The van der Waals surface area contributed by atoms with Crippen LogP contribution in [0.1, 0.15) is 33.6 Å². The average molecular weight is 455 g/mol. The number of carbonyl (C=O) groups is 1. The Morgan fingerprint density at radius 1 is 1.15 bits per heavy atom. The van der Waals surface area contributed by atoms with E-state index in [2.05, 4.69) is 26.2 Å². The van der Waals surface area contributed by atoms with E-state index >= 15 is 0 Å². The van der Waals surface area contributed by atoms with Crippen LogP contribution in [0.25, 0.3) is 11.1 Å². The molecule has 33 heavy (non-hydrogen) atoms. The Kier molecular flexibility index (Phi) is 6.88. The maximum absolute atomic E-state index is 12.3. The molecule has 2 saturated heterocycles. The van der Waals surface area contributed by atoms with Crippen LogP contribution in [0.4, 0.5) is 22.1 Å². The number of rotatable bonds is 4. The molecular weight excluding hydrogens is 420 g/mol. The predicted octanol–water partition coefficient (Wildman–Crippen LogP) is 3.06. The van der Waals surface area contributed by atoms with Crippen molar-refractivity contribution in [1.29, 1.82) is 0 Å². The van der Waals surface area contributed by atoms with Gasteiger partial charge < -0.3 is 30.3 Å². The molecule has 3 N–H and O–H groups in total. The van der Waals surface area contributed by atoms with Crippen molar-refractivity contribution in [3.8, 4) is 11.1 Å². The van der Waals surface area contributed by atoms with Gasteiger partial charge in [0.25, 0.3) is 0 Å². The van der Waals surface area contributed by atoms with Gasteiger partial charge in [-0.05, 0) is 45.7 Å². The number of piperidine rings is 1. The summed E-state index contributed by atoms with van der Waals surface area (Å²) in [6.45, 7) is 10.3. The number of pyridine rings is 2. The summed E-state index contributed by atoms with van der Waals surface area (Å²) in [4.78, 5) is 25.8. The molecule has 2 fully saturated rings. The Hall–Kier alpha value is -3.07. The van der Waals surface area contributed by atoms with Gasteiger partial charge in [0, 0.05) is 67.5 Å². The van der Waals surface area contributed by atoms with Gasteiger partial charge in [0.1, 0.15) is 17.2 Å². The number of ether oxygens (including phenoxy) is 2. The number of nitrogens with two attached hydrogens (primary N) is 1. The zero-order valence-electron chi connectivity index (χ0n) is 19.7. The van der Waals surface area contributed by atoms with Gasteiger partial charge in [-0.2, -0.15) is 0 Å². The smallest absolute Gasteiger partial charge is 0.407 e. The summed E-state index contributed by atoms with van der Waals surface area (Å²) in [6, 6.07) is 6.03. The summed E-state index contributed by atoms with van der Waals surface area (Å²) in [7, 11) is 0. The zero-order valence-corrected chi connectivity index (χ0v) is 19.7. The Labute approximate surface area is 195 Å². The molecule has 0 aliphatic carbocycles. The van der Waals surface area contributed by atoms with Crippen LogP contribution in [0.3, 0.4) is 0 Å². The van der Waals surface area contributed by atoms with Crippen molar-refractivity contribution in [2.75, 3.05) is 54.9 Å². The summed E-state index contributed by atoms with van der Waals surface area (Å²) in [5.41, 5.74) is 8.49. The lowest BCUT2D eigenvalue weighted by Gasteiger charge is -2.36. The lowest BCUT2D eigenvalue weighted by molar-refractivity contribution is 0.0500. The van der Waals surface area contributed by atoms with E-state index in [0.29, 0.717) is 12.4 Å². The predicted molar refractivity (Wildman–Crippen MR) is 130 cm³/mol. The largest absolute Gasteiger partial charge is 0.444 e. The van der Waals surface area contributed by atoms with Crippen LogP contribution in [0.2, 0.25) is 0 Å². The molecule has 178 valence electrons. The highest BCUT2D eigenvalue weighted by molar-refractivity contribution is 5.80. The number of morpholine rings is 1. The van der Waals surface area contributed by atoms with Crippen molar-refractivity contribution in [1.82, 2.24) is 15.3 Å². The lowest BCUT2D eigenvalue weighted by atomic mass is 10.0. The van der Waals surface area contributed by atoms with Crippen LogP contribution in [0, 0.1) is 0 Å². The second-order valence-corrected chi connectivity index (χ2v) is 9.56. The first-order chi connectivity index (χ1) is 15.8. The first kappa shape index (κ1) is 23.1. The second-order valence-electron chi connectivity index (χ2n) is 9.56. The highest BCUT2D eigenvalue weighted by Crippen LogP contribution is 2.33. The molecule has 0 unspecified atom stereocenters. The number of amides is 1. The van der Waals surface area contributed by atoms with Crippen molar-refractivity contribution in [3.05, 3.63) is 30.6 Å². The number of aromatic nitrogens is 2. The SMILES string of the molecule is CC(C)(C)OC(=O)N[C@H]1CCCN(c2cc(N)ncc2-c2ccc(N3CCOCC3)nc2)C1. The van der Waals surface area contributed by atoms with Crippen molar-refractivity contribution in [2.45, 2.75) is 45.3 Å². The number of nitrogens with one attached hydrogen (secondary N) is 1. The highest BCUT2D eigenvalue weighted by Gasteiger charge is 2.26. The Balaban J connectivity index is 1.51. The third-order valence-electron chi connectivity index (χ3n) is 5.78. The average Bonchev–Trinajstić information content (AvgIpc) is 2.79. The number of hydrogen-bond donors (Lipinski definition) is 2. The van der Waals surface area contributed by atoms with Gasteiger partial charge in [-0.25, -0.2) is 14.8 Å². The van der Waals surface area contributed by atoms with E-state index in [1.807, 2.05) is 39.1 Å². The van der Waals surface area contributed by atoms with Crippen LogP contribution in [-0.4, -0.2) is 67.1 Å². The van der Waals surface area contributed by atoms with Crippen LogP contribution in [0.15, 0.2) is 30.6 Å². The molecule has 4 rings (SSSR count). The fourth-order valence-corrected chi connectivity index (χ4v) is 4.26. The van der Waals surface area contributed by atoms with E-state index in [1.54, 1.807) is 6.20 Å². The van der Waals surface area contributed by atoms with Gasteiger partial charge >= 0.3 is 6.09 Å². The van der Waals surface area contributed by atoms with Crippen LogP contribution < -0.4 is 20.9 Å². The summed E-state index contributed by atoms with van der Waals surface area (Å²) in [5.74, 6) is 1.42. The summed E-state index contributed by atoms with van der Waals surface area (Å²) in [5, 5.41) is 3.02.